The smallest absolute Gasteiger partial charge is 0.265 e. The first kappa shape index (κ1) is 19.0. The van der Waals surface area contributed by atoms with Crippen LogP contribution in [-0.2, 0) is 6.42 Å². The number of nitrogen functional groups attached to an aromatic ring is 1. The summed E-state index contributed by atoms with van der Waals surface area (Å²) in [5.41, 5.74) is 7.55. The molecule has 2 N–H and O–H groups in total. The molecular formula is C20H21ClN4O2S. The normalized spacial score (nSPS) is 17.1. The number of piperidine rings is 1. The maximum absolute atomic E-state index is 12.9. The number of amides is 1. The van der Waals surface area contributed by atoms with E-state index < -0.39 is 0 Å². The summed E-state index contributed by atoms with van der Waals surface area (Å²) in [6, 6.07) is 7.70. The van der Waals surface area contributed by atoms with Gasteiger partial charge in [0, 0.05) is 24.5 Å². The van der Waals surface area contributed by atoms with Crippen LogP contribution < -0.4 is 5.73 Å². The largest absolute Gasteiger partial charge is 0.445 e. The minimum absolute atomic E-state index is 0.00987. The fourth-order valence-electron chi connectivity index (χ4n) is 3.52. The molecule has 28 heavy (non-hydrogen) atoms. The number of anilines is 1. The Morgan fingerprint density at radius 1 is 1.39 bits per heavy atom. The molecule has 0 aliphatic carbocycles. The predicted molar refractivity (Wildman–Crippen MR) is 110 cm³/mol. The molecule has 0 spiro atoms. The third-order valence-electron chi connectivity index (χ3n) is 4.93. The molecule has 1 aliphatic heterocycles. The number of nitrogens with zero attached hydrogens (tertiary/aromatic N) is 3. The van der Waals surface area contributed by atoms with Crippen molar-refractivity contribution < 1.29 is 9.21 Å². The number of oxazole rings is 1. The van der Waals surface area contributed by atoms with Crippen LogP contribution in [-0.4, -0.2) is 33.9 Å². The molecule has 8 heteroatoms. The van der Waals surface area contributed by atoms with Gasteiger partial charge < -0.3 is 15.1 Å². The van der Waals surface area contributed by atoms with Crippen molar-refractivity contribution in [2.75, 3.05) is 18.8 Å². The van der Waals surface area contributed by atoms with E-state index in [0.717, 1.165) is 30.7 Å². The van der Waals surface area contributed by atoms with Gasteiger partial charge in [-0.3, -0.25) is 4.79 Å². The number of hydrogen-bond donors (Lipinski definition) is 1. The van der Waals surface area contributed by atoms with Gasteiger partial charge in [0.2, 0.25) is 0 Å². The van der Waals surface area contributed by atoms with Crippen molar-refractivity contribution in [2.45, 2.75) is 32.1 Å². The molecule has 3 heterocycles. The number of nitrogens with two attached hydrogens (primary N) is 1. The molecule has 0 radical (unpaired) electrons. The molecule has 1 aromatic carbocycles. The first-order chi connectivity index (χ1) is 13.5. The number of aromatic nitrogens is 2. The predicted octanol–water partition coefficient (Wildman–Crippen LogP) is 4.29. The lowest BCUT2D eigenvalue weighted by Crippen LogP contribution is -2.39. The quantitative estimate of drug-likeness (QED) is 0.685. The molecule has 146 valence electrons. The van der Waals surface area contributed by atoms with Crippen LogP contribution in [0.2, 0.25) is 5.02 Å². The molecular weight excluding hydrogens is 396 g/mol. The van der Waals surface area contributed by atoms with Crippen LogP contribution in [0.5, 0.6) is 0 Å². The van der Waals surface area contributed by atoms with Gasteiger partial charge in [-0.1, -0.05) is 35.1 Å². The minimum atomic E-state index is -0.00987. The Kier molecular flexibility index (Phi) is 5.37. The average Bonchev–Trinajstić information content (AvgIpc) is 3.29. The van der Waals surface area contributed by atoms with Crippen molar-refractivity contribution >= 4 is 34.0 Å². The molecule has 0 bridgehead atoms. The second-order valence-electron chi connectivity index (χ2n) is 7.03. The Morgan fingerprint density at radius 2 is 2.18 bits per heavy atom. The SMILES string of the molecule is Cc1nc(N)sc1C(=O)N1CCCC(c2ncc(Cc3ccc(Cl)cc3)o2)C1. The van der Waals surface area contributed by atoms with E-state index in [4.69, 9.17) is 21.8 Å². The second kappa shape index (κ2) is 7.93. The van der Waals surface area contributed by atoms with Gasteiger partial charge in [-0.2, -0.15) is 0 Å². The van der Waals surface area contributed by atoms with E-state index in [1.54, 1.807) is 6.20 Å². The van der Waals surface area contributed by atoms with Gasteiger partial charge in [-0.15, -0.1) is 0 Å². The molecule has 3 aromatic rings. The van der Waals surface area contributed by atoms with Gasteiger partial charge in [-0.05, 0) is 37.5 Å². The van der Waals surface area contributed by atoms with E-state index in [2.05, 4.69) is 9.97 Å². The third kappa shape index (κ3) is 4.05. The summed E-state index contributed by atoms with van der Waals surface area (Å²) in [6.45, 7) is 3.14. The molecule has 1 atom stereocenters. The summed E-state index contributed by atoms with van der Waals surface area (Å²) in [7, 11) is 0. The average molecular weight is 417 g/mol. The highest BCUT2D eigenvalue weighted by molar-refractivity contribution is 7.17. The lowest BCUT2D eigenvalue weighted by molar-refractivity contribution is 0.0702. The maximum Gasteiger partial charge on any atom is 0.265 e. The van der Waals surface area contributed by atoms with Crippen molar-refractivity contribution in [3.8, 4) is 0 Å². The molecule has 6 nitrogen and oxygen atoms in total. The van der Waals surface area contributed by atoms with E-state index >= 15 is 0 Å². The van der Waals surface area contributed by atoms with Crippen molar-refractivity contribution in [3.05, 3.63) is 63.3 Å². The van der Waals surface area contributed by atoms with E-state index in [1.165, 1.54) is 11.3 Å². The lowest BCUT2D eigenvalue weighted by Gasteiger charge is -2.31. The third-order valence-corrected chi connectivity index (χ3v) is 6.15. The summed E-state index contributed by atoms with van der Waals surface area (Å²) in [5, 5.41) is 1.14. The summed E-state index contributed by atoms with van der Waals surface area (Å²) in [6.07, 6.45) is 4.31. The van der Waals surface area contributed by atoms with E-state index in [9.17, 15) is 4.79 Å². The first-order valence-electron chi connectivity index (χ1n) is 9.21. The van der Waals surface area contributed by atoms with Crippen LogP contribution in [0.15, 0.2) is 34.9 Å². The molecule has 4 rings (SSSR count). The molecule has 1 amide bonds. The fraction of sp³-hybridized carbons (Fsp3) is 0.350. The van der Waals surface area contributed by atoms with Gasteiger partial charge in [0.05, 0.1) is 17.8 Å². The number of benzene rings is 1. The van der Waals surface area contributed by atoms with E-state index in [0.29, 0.717) is 39.6 Å². The maximum atomic E-state index is 12.9. The zero-order chi connectivity index (χ0) is 19.7. The molecule has 1 fully saturated rings. The van der Waals surface area contributed by atoms with Crippen LogP contribution in [0.25, 0.3) is 0 Å². The van der Waals surface area contributed by atoms with Crippen LogP contribution in [0, 0.1) is 6.92 Å². The van der Waals surface area contributed by atoms with Crippen molar-refractivity contribution in [3.63, 3.8) is 0 Å². The molecule has 1 saturated heterocycles. The Balaban J connectivity index is 1.44. The van der Waals surface area contributed by atoms with Gasteiger partial charge >= 0.3 is 0 Å². The number of halogens is 1. The molecule has 0 saturated carbocycles. The van der Waals surface area contributed by atoms with Crippen molar-refractivity contribution in [1.82, 2.24) is 14.9 Å². The Morgan fingerprint density at radius 3 is 2.89 bits per heavy atom. The highest BCUT2D eigenvalue weighted by Crippen LogP contribution is 2.30. The van der Waals surface area contributed by atoms with Crippen LogP contribution in [0.4, 0.5) is 5.13 Å². The Hall–Kier alpha value is -2.38. The fourth-order valence-corrected chi connectivity index (χ4v) is 4.45. The topological polar surface area (TPSA) is 85.2 Å². The van der Waals surface area contributed by atoms with Gasteiger partial charge in [-0.25, -0.2) is 9.97 Å². The van der Waals surface area contributed by atoms with E-state index in [1.807, 2.05) is 36.1 Å². The minimum Gasteiger partial charge on any atom is -0.445 e. The lowest BCUT2D eigenvalue weighted by atomic mass is 9.98. The molecule has 2 aromatic heterocycles. The standard InChI is InChI=1S/C20H21ClN4O2S/c1-12-17(28-20(22)24-12)19(26)25-8-2-3-14(11-25)18-23-10-16(27-18)9-13-4-6-15(21)7-5-13/h4-7,10,14H,2-3,8-9,11H2,1H3,(H2,22,24). The Labute approximate surface area is 172 Å². The van der Waals surface area contributed by atoms with Crippen LogP contribution in [0.3, 0.4) is 0 Å². The van der Waals surface area contributed by atoms with Gasteiger partial charge in [0.25, 0.3) is 5.91 Å². The first-order valence-corrected chi connectivity index (χ1v) is 10.4. The van der Waals surface area contributed by atoms with Crippen LogP contribution >= 0.6 is 22.9 Å². The zero-order valence-corrected chi connectivity index (χ0v) is 17.1. The van der Waals surface area contributed by atoms with Gasteiger partial charge in [0.15, 0.2) is 11.0 Å². The Bertz CT molecular complexity index is 983. The second-order valence-corrected chi connectivity index (χ2v) is 8.49. The van der Waals surface area contributed by atoms with Crippen LogP contribution in [0.1, 0.15) is 51.3 Å². The number of thiazole rings is 1. The summed E-state index contributed by atoms with van der Waals surface area (Å²) in [4.78, 5) is 24.0. The molecule has 1 aliphatic rings. The summed E-state index contributed by atoms with van der Waals surface area (Å²) >= 11 is 7.18. The monoisotopic (exact) mass is 416 g/mol. The number of hydrogen-bond acceptors (Lipinski definition) is 6. The van der Waals surface area contributed by atoms with E-state index in [-0.39, 0.29) is 11.8 Å². The van der Waals surface area contributed by atoms with Gasteiger partial charge in [0.1, 0.15) is 10.6 Å². The zero-order valence-electron chi connectivity index (χ0n) is 15.5. The number of rotatable bonds is 4. The summed E-state index contributed by atoms with van der Waals surface area (Å²) in [5.74, 6) is 1.60. The number of carbonyl (C=O) groups is 1. The van der Waals surface area contributed by atoms with Crippen molar-refractivity contribution in [1.29, 1.82) is 0 Å². The number of carbonyl (C=O) groups excluding carboxylic acids is 1. The molecule has 1 unspecified atom stereocenters. The number of aryl methyl sites for hydroxylation is 1. The van der Waals surface area contributed by atoms with Crippen molar-refractivity contribution in [2.24, 2.45) is 0 Å². The summed E-state index contributed by atoms with van der Waals surface area (Å²) < 4.78 is 6.01. The highest BCUT2D eigenvalue weighted by atomic mass is 35.5. The highest BCUT2D eigenvalue weighted by Gasteiger charge is 2.30. The number of likely N-dealkylation sites (tertiary alicyclic amines) is 1.